The standard InChI is InChI=1S/C29H28Cl2N4O3/c1-18-6-7-21(31)16-25(18)33-10-12-34(13-11-33)27(36)19-4-3-5-22(14-19)35-28(37)32-24-17-29(35,2)38-26-9-8-20(30)15-23(24)26/h3-9,14-16,24H,10-13,17H2,1-2H3,(H,32,37). The van der Waals surface area contributed by atoms with Crippen molar-refractivity contribution < 1.29 is 14.3 Å². The Bertz CT molecular complexity index is 1440. The number of hydrogen-bond acceptors (Lipinski definition) is 4. The fourth-order valence-corrected chi connectivity index (χ4v) is 6.12. The Hall–Kier alpha value is -3.42. The number of fused-ring (bicyclic) bond motifs is 4. The van der Waals surface area contributed by atoms with Gasteiger partial charge < -0.3 is 19.9 Å². The molecule has 7 nitrogen and oxygen atoms in total. The van der Waals surface area contributed by atoms with Gasteiger partial charge in [-0.25, -0.2) is 4.79 Å². The molecule has 3 amide bonds. The third-order valence-corrected chi connectivity index (χ3v) is 8.13. The van der Waals surface area contributed by atoms with E-state index in [4.69, 9.17) is 27.9 Å². The number of nitrogens with one attached hydrogen (secondary N) is 1. The molecule has 6 rings (SSSR count). The van der Waals surface area contributed by atoms with Crippen LogP contribution in [0.5, 0.6) is 5.75 Å². The zero-order valence-electron chi connectivity index (χ0n) is 21.2. The van der Waals surface area contributed by atoms with Gasteiger partial charge >= 0.3 is 6.03 Å². The first-order valence-electron chi connectivity index (χ1n) is 12.7. The smallest absolute Gasteiger partial charge is 0.325 e. The predicted molar refractivity (Wildman–Crippen MR) is 150 cm³/mol. The van der Waals surface area contributed by atoms with Crippen molar-refractivity contribution in [3.63, 3.8) is 0 Å². The minimum absolute atomic E-state index is 0.0562. The lowest BCUT2D eigenvalue weighted by Crippen LogP contribution is -2.65. The maximum atomic E-state index is 13.5. The van der Waals surface area contributed by atoms with Gasteiger partial charge in [-0.3, -0.25) is 9.69 Å². The number of rotatable bonds is 3. The summed E-state index contributed by atoms with van der Waals surface area (Å²) in [5, 5.41) is 4.39. The van der Waals surface area contributed by atoms with Gasteiger partial charge in [0.1, 0.15) is 5.75 Å². The van der Waals surface area contributed by atoms with Crippen LogP contribution < -0.4 is 19.9 Å². The highest BCUT2D eigenvalue weighted by Gasteiger charge is 2.50. The first kappa shape index (κ1) is 24.9. The number of ether oxygens (including phenoxy) is 1. The lowest BCUT2D eigenvalue weighted by Gasteiger charge is -2.50. The monoisotopic (exact) mass is 550 g/mol. The molecule has 3 aliphatic rings. The maximum absolute atomic E-state index is 13.5. The number of halogens is 2. The van der Waals surface area contributed by atoms with Crippen LogP contribution >= 0.6 is 23.2 Å². The number of hydrogen-bond donors (Lipinski definition) is 1. The second-order valence-electron chi connectivity index (χ2n) is 10.3. The zero-order chi connectivity index (χ0) is 26.6. The number of aryl methyl sites for hydroxylation is 1. The average Bonchev–Trinajstić information content (AvgIpc) is 2.90. The summed E-state index contributed by atoms with van der Waals surface area (Å²) in [5.74, 6) is 0.637. The number of amides is 3. The molecule has 2 fully saturated rings. The highest BCUT2D eigenvalue weighted by Crippen LogP contribution is 2.46. The highest BCUT2D eigenvalue weighted by molar-refractivity contribution is 6.31. The normalized spacial score (nSPS) is 22.5. The van der Waals surface area contributed by atoms with Gasteiger partial charge in [-0.2, -0.15) is 0 Å². The van der Waals surface area contributed by atoms with Crippen LogP contribution in [0.2, 0.25) is 10.0 Å². The number of nitrogens with zero attached hydrogens (tertiary/aromatic N) is 3. The van der Waals surface area contributed by atoms with Gasteiger partial charge in [0, 0.05) is 59.5 Å². The van der Waals surface area contributed by atoms with Crippen LogP contribution in [0.15, 0.2) is 60.7 Å². The topological polar surface area (TPSA) is 65.1 Å². The minimum Gasteiger partial charge on any atom is -0.467 e. The molecule has 0 aromatic heterocycles. The SMILES string of the molecule is Cc1ccc(Cl)cc1N1CCN(C(=O)c2cccc(N3C(=O)NC4CC3(C)Oc3ccc(Cl)cc34)c2)CC1. The molecule has 0 saturated carbocycles. The number of urea groups is 1. The number of benzene rings is 3. The van der Waals surface area contributed by atoms with E-state index in [1.54, 1.807) is 23.1 Å². The van der Waals surface area contributed by atoms with Crippen LogP contribution in [-0.4, -0.2) is 48.7 Å². The predicted octanol–water partition coefficient (Wildman–Crippen LogP) is 6.03. The van der Waals surface area contributed by atoms with Crippen molar-refractivity contribution in [1.29, 1.82) is 0 Å². The molecule has 38 heavy (non-hydrogen) atoms. The largest absolute Gasteiger partial charge is 0.467 e. The molecule has 3 aliphatic heterocycles. The van der Waals surface area contributed by atoms with Crippen LogP contribution in [0.25, 0.3) is 0 Å². The summed E-state index contributed by atoms with van der Waals surface area (Å²) in [6.45, 7) is 6.61. The fourth-order valence-electron chi connectivity index (χ4n) is 5.77. The summed E-state index contributed by atoms with van der Waals surface area (Å²) in [5.41, 5.74) is 3.38. The van der Waals surface area contributed by atoms with Crippen molar-refractivity contribution in [2.24, 2.45) is 0 Å². The van der Waals surface area contributed by atoms with Crippen molar-refractivity contribution in [3.05, 3.63) is 87.4 Å². The van der Waals surface area contributed by atoms with Crippen LogP contribution in [-0.2, 0) is 0 Å². The summed E-state index contributed by atoms with van der Waals surface area (Å²) in [4.78, 5) is 32.5. The molecule has 2 saturated heterocycles. The Morgan fingerprint density at radius 2 is 1.74 bits per heavy atom. The first-order valence-corrected chi connectivity index (χ1v) is 13.5. The van der Waals surface area contributed by atoms with E-state index >= 15 is 0 Å². The van der Waals surface area contributed by atoms with Crippen molar-refractivity contribution in [2.75, 3.05) is 36.0 Å². The Morgan fingerprint density at radius 3 is 2.53 bits per heavy atom. The van der Waals surface area contributed by atoms with E-state index in [9.17, 15) is 9.59 Å². The van der Waals surface area contributed by atoms with E-state index in [1.807, 2.05) is 54.3 Å². The van der Waals surface area contributed by atoms with Crippen molar-refractivity contribution in [1.82, 2.24) is 10.2 Å². The molecule has 1 N–H and O–H groups in total. The molecule has 3 aromatic rings. The molecule has 0 radical (unpaired) electrons. The number of anilines is 2. The van der Waals surface area contributed by atoms with Gasteiger partial charge in [-0.05, 0) is 67.9 Å². The zero-order valence-corrected chi connectivity index (χ0v) is 22.7. The highest BCUT2D eigenvalue weighted by atomic mass is 35.5. The molecule has 9 heteroatoms. The molecule has 0 aliphatic carbocycles. The molecular weight excluding hydrogens is 523 g/mol. The summed E-state index contributed by atoms with van der Waals surface area (Å²) in [6, 6.07) is 18.1. The van der Waals surface area contributed by atoms with Crippen molar-refractivity contribution in [2.45, 2.75) is 32.0 Å². The van der Waals surface area contributed by atoms with Gasteiger partial charge in [-0.15, -0.1) is 0 Å². The van der Waals surface area contributed by atoms with E-state index in [0.717, 1.165) is 29.9 Å². The van der Waals surface area contributed by atoms with Crippen LogP contribution in [0, 0.1) is 6.92 Å². The van der Waals surface area contributed by atoms with E-state index in [-0.39, 0.29) is 18.0 Å². The maximum Gasteiger partial charge on any atom is 0.325 e. The van der Waals surface area contributed by atoms with E-state index < -0.39 is 5.72 Å². The third kappa shape index (κ3) is 4.33. The number of carbonyl (C=O) groups is 2. The van der Waals surface area contributed by atoms with Gasteiger partial charge in [0.05, 0.1) is 11.7 Å². The van der Waals surface area contributed by atoms with Gasteiger partial charge in [0.2, 0.25) is 0 Å². The minimum atomic E-state index is -0.907. The van der Waals surface area contributed by atoms with Crippen LogP contribution in [0.4, 0.5) is 16.2 Å². The number of piperazine rings is 1. The van der Waals surface area contributed by atoms with Gasteiger partial charge in [-0.1, -0.05) is 35.3 Å². The molecule has 3 heterocycles. The number of carbonyl (C=O) groups excluding carboxylic acids is 2. The molecule has 196 valence electrons. The molecular formula is C29H28Cl2N4O3. The Kier molecular flexibility index (Phi) is 6.16. The molecule has 2 unspecified atom stereocenters. The molecule has 2 bridgehead atoms. The van der Waals surface area contributed by atoms with Gasteiger partial charge in [0.15, 0.2) is 5.72 Å². The van der Waals surface area contributed by atoms with Crippen molar-refractivity contribution in [3.8, 4) is 5.75 Å². The Balaban J connectivity index is 1.21. The van der Waals surface area contributed by atoms with Gasteiger partial charge in [0.25, 0.3) is 5.91 Å². The summed E-state index contributed by atoms with van der Waals surface area (Å²) < 4.78 is 6.37. The van der Waals surface area contributed by atoms with Crippen molar-refractivity contribution >= 4 is 46.5 Å². The lowest BCUT2D eigenvalue weighted by molar-refractivity contribution is 0.0378. The van der Waals surface area contributed by atoms with Crippen LogP contribution in [0.3, 0.4) is 0 Å². The second kappa shape index (κ2) is 9.40. The third-order valence-electron chi connectivity index (χ3n) is 7.66. The van der Waals surface area contributed by atoms with E-state index in [1.165, 1.54) is 0 Å². The Labute approximate surface area is 231 Å². The molecule has 3 aromatic carbocycles. The summed E-state index contributed by atoms with van der Waals surface area (Å²) >= 11 is 12.4. The van der Waals surface area contributed by atoms with E-state index in [2.05, 4.69) is 17.1 Å². The quantitative estimate of drug-likeness (QED) is 0.432. The lowest BCUT2D eigenvalue weighted by atomic mass is 9.90. The van der Waals surface area contributed by atoms with Crippen LogP contribution in [0.1, 0.15) is 40.9 Å². The molecule has 2 atom stereocenters. The average molecular weight is 551 g/mol. The second-order valence-corrected chi connectivity index (χ2v) is 11.1. The molecule has 0 spiro atoms. The fraction of sp³-hybridized carbons (Fsp3) is 0.310. The Morgan fingerprint density at radius 1 is 1.00 bits per heavy atom. The van der Waals surface area contributed by atoms with E-state index in [0.29, 0.717) is 46.6 Å². The summed E-state index contributed by atoms with van der Waals surface area (Å²) in [6.07, 6.45) is 0.551. The first-order chi connectivity index (χ1) is 18.2. The summed E-state index contributed by atoms with van der Waals surface area (Å²) in [7, 11) is 0.